The zero-order chi connectivity index (χ0) is 17.9. The summed E-state index contributed by atoms with van der Waals surface area (Å²) in [5.74, 6) is 0.749. The van der Waals surface area contributed by atoms with Crippen LogP contribution in [-0.2, 0) is 6.42 Å². The molecule has 0 aliphatic carbocycles. The van der Waals surface area contributed by atoms with Crippen LogP contribution in [0.25, 0.3) is 0 Å². The fraction of sp³-hybridized carbons (Fsp3) is 0.556. The Morgan fingerprint density at radius 2 is 1.58 bits per heavy atom. The van der Waals surface area contributed by atoms with Gasteiger partial charge in [-0.2, -0.15) is 0 Å². The standard InChI is InChI=1S/C18H30N4S2/c1-5-15-9-11-16(12-10-15)20-18(24)22-21-17(23)19-14(4)8-6-7-13(2)3/h9-14H,5-8H2,1-4H3,(H2,19,21,23)(H2,20,22,24)/t14-/m1/s1. The van der Waals surface area contributed by atoms with E-state index >= 15 is 0 Å². The normalized spacial score (nSPS) is 11.7. The molecule has 6 heteroatoms. The van der Waals surface area contributed by atoms with Crippen LogP contribution in [0.15, 0.2) is 24.3 Å². The topological polar surface area (TPSA) is 48.1 Å². The van der Waals surface area contributed by atoms with Crippen molar-refractivity contribution in [2.75, 3.05) is 5.32 Å². The third-order valence-corrected chi connectivity index (χ3v) is 4.13. The van der Waals surface area contributed by atoms with Crippen molar-refractivity contribution in [1.29, 1.82) is 0 Å². The lowest BCUT2D eigenvalue weighted by molar-refractivity contribution is 0.492. The molecule has 0 bridgehead atoms. The molecule has 0 unspecified atom stereocenters. The maximum atomic E-state index is 5.28. The molecule has 4 N–H and O–H groups in total. The minimum atomic E-state index is 0.341. The fourth-order valence-electron chi connectivity index (χ4n) is 2.26. The fourth-order valence-corrected chi connectivity index (χ4v) is 2.69. The largest absolute Gasteiger partial charge is 0.359 e. The van der Waals surface area contributed by atoms with Crippen LogP contribution < -0.4 is 21.5 Å². The molecule has 0 spiro atoms. The predicted molar refractivity (Wildman–Crippen MR) is 112 cm³/mol. The van der Waals surface area contributed by atoms with E-state index in [2.05, 4.69) is 61.3 Å². The van der Waals surface area contributed by atoms with Gasteiger partial charge in [-0.3, -0.25) is 10.9 Å². The number of benzene rings is 1. The molecule has 0 aliphatic rings. The molecule has 24 heavy (non-hydrogen) atoms. The van der Waals surface area contributed by atoms with E-state index in [0.717, 1.165) is 24.4 Å². The van der Waals surface area contributed by atoms with Gasteiger partial charge in [0.1, 0.15) is 0 Å². The SMILES string of the molecule is CCc1ccc(NC(=S)NNC(=S)N[C@H](C)CCCC(C)C)cc1. The summed E-state index contributed by atoms with van der Waals surface area (Å²) in [6.07, 6.45) is 4.58. The van der Waals surface area contributed by atoms with E-state index in [1.165, 1.54) is 18.4 Å². The highest BCUT2D eigenvalue weighted by molar-refractivity contribution is 7.80. The Bertz CT molecular complexity index is 514. The third kappa shape index (κ3) is 9.03. The molecule has 0 amide bonds. The second-order valence-corrected chi connectivity index (χ2v) is 7.27. The molecule has 0 heterocycles. The molecule has 0 fully saturated rings. The minimum absolute atomic E-state index is 0.341. The molecule has 1 rings (SSSR count). The van der Waals surface area contributed by atoms with Crippen molar-refractivity contribution in [2.45, 2.75) is 59.4 Å². The molecule has 0 radical (unpaired) electrons. The summed E-state index contributed by atoms with van der Waals surface area (Å²) in [7, 11) is 0. The van der Waals surface area contributed by atoms with Gasteiger partial charge in [-0.05, 0) is 67.8 Å². The molecule has 0 aromatic heterocycles. The van der Waals surface area contributed by atoms with Crippen LogP contribution in [0, 0.1) is 5.92 Å². The summed E-state index contributed by atoms with van der Waals surface area (Å²) in [6, 6.07) is 8.54. The Morgan fingerprint density at radius 3 is 2.17 bits per heavy atom. The first-order valence-electron chi connectivity index (χ1n) is 8.63. The van der Waals surface area contributed by atoms with Gasteiger partial charge in [-0.1, -0.05) is 45.7 Å². The first-order chi connectivity index (χ1) is 11.4. The van der Waals surface area contributed by atoms with Crippen molar-refractivity contribution in [3.05, 3.63) is 29.8 Å². The maximum Gasteiger partial charge on any atom is 0.189 e. The van der Waals surface area contributed by atoms with E-state index in [-0.39, 0.29) is 0 Å². The Balaban J connectivity index is 2.24. The zero-order valence-electron chi connectivity index (χ0n) is 15.1. The van der Waals surface area contributed by atoms with Crippen LogP contribution in [0.5, 0.6) is 0 Å². The van der Waals surface area contributed by atoms with E-state index in [9.17, 15) is 0 Å². The maximum absolute atomic E-state index is 5.28. The first-order valence-corrected chi connectivity index (χ1v) is 9.44. The van der Waals surface area contributed by atoms with Crippen molar-refractivity contribution >= 4 is 40.3 Å². The number of hydrazine groups is 1. The molecule has 1 atom stereocenters. The van der Waals surface area contributed by atoms with Crippen LogP contribution in [-0.4, -0.2) is 16.3 Å². The van der Waals surface area contributed by atoms with E-state index in [1.54, 1.807) is 0 Å². The molecule has 0 saturated carbocycles. The second kappa shape index (κ2) is 11.2. The molecule has 0 aliphatic heterocycles. The summed E-state index contributed by atoms with van der Waals surface area (Å²) in [4.78, 5) is 0. The Labute approximate surface area is 157 Å². The van der Waals surface area contributed by atoms with Gasteiger partial charge in [-0.15, -0.1) is 0 Å². The van der Waals surface area contributed by atoms with Crippen molar-refractivity contribution in [2.24, 2.45) is 5.92 Å². The average Bonchev–Trinajstić information content (AvgIpc) is 2.53. The van der Waals surface area contributed by atoms with Gasteiger partial charge in [-0.25, -0.2) is 0 Å². The van der Waals surface area contributed by atoms with E-state index in [1.807, 2.05) is 12.1 Å². The lowest BCUT2D eigenvalue weighted by Crippen LogP contribution is -2.50. The summed E-state index contributed by atoms with van der Waals surface area (Å²) in [5.41, 5.74) is 8.08. The number of hydrogen-bond donors (Lipinski definition) is 4. The first kappa shape index (κ1) is 20.6. The van der Waals surface area contributed by atoms with Crippen LogP contribution in [0.1, 0.15) is 52.5 Å². The number of thiocarbonyl (C=S) groups is 2. The molecule has 4 nitrogen and oxygen atoms in total. The average molecular weight is 367 g/mol. The van der Waals surface area contributed by atoms with Gasteiger partial charge in [0.05, 0.1) is 0 Å². The predicted octanol–water partition coefficient (Wildman–Crippen LogP) is 4.13. The minimum Gasteiger partial charge on any atom is -0.359 e. The molecule has 134 valence electrons. The highest BCUT2D eigenvalue weighted by Crippen LogP contribution is 2.10. The van der Waals surface area contributed by atoms with Crippen LogP contribution in [0.3, 0.4) is 0 Å². The van der Waals surface area contributed by atoms with Crippen molar-refractivity contribution in [3.63, 3.8) is 0 Å². The van der Waals surface area contributed by atoms with Crippen LogP contribution >= 0.6 is 24.4 Å². The van der Waals surface area contributed by atoms with Gasteiger partial charge in [0.2, 0.25) is 0 Å². The number of anilines is 1. The van der Waals surface area contributed by atoms with E-state index in [0.29, 0.717) is 16.3 Å². The van der Waals surface area contributed by atoms with Gasteiger partial charge < -0.3 is 10.6 Å². The number of rotatable bonds is 7. The zero-order valence-corrected chi connectivity index (χ0v) is 16.7. The second-order valence-electron chi connectivity index (χ2n) is 6.45. The number of aryl methyl sites for hydroxylation is 1. The van der Waals surface area contributed by atoms with Gasteiger partial charge in [0.25, 0.3) is 0 Å². The van der Waals surface area contributed by atoms with E-state index < -0.39 is 0 Å². The van der Waals surface area contributed by atoms with E-state index in [4.69, 9.17) is 24.4 Å². The number of hydrogen-bond acceptors (Lipinski definition) is 2. The third-order valence-electron chi connectivity index (χ3n) is 3.71. The number of nitrogens with one attached hydrogen (secondary N) is 4. The van der Waals surface area contributed by atoms with Crippen molar-refractivity contribution < 1.29 is 0 Å². The highest BCUT2D eigenvalue weighted by atomic mass is 32.1. The molecular weight excluding hydrogens is 336 g/mol. The summed E-state index contributed by atoms with van der Waals surface area (Å²) >= 11 is 10.5. The smallest absolute Gasteiger partial charge is 0.189 e. The summed E-state index contributed by atoms with van der Waals surface area (Å²) in [6.45, 7) is 8.77. The van der Waals surface area contributed by atoms with Gasteiger partial charge >= 0.3 is 0 Å². The lowest BCUT2D eigenvalue weighted by atomic mass is 10.0. The van der Waals surface area contributed by atoms with Crippen molar-refractivity contribution in [3.8, 4) is 0 Å². The monoisotopic (exact) mass is 366 g/mol. The lowest BCUT2D eigenvalue weighted by Gasteiger charge is -2.18. The Hall–Kier alpha value is -1.40. The molecule has 0 saturated heterocycles. The van der Waals surface area contributed by atoms with Crippen LogP contribution in [0.4, 0.5) is 5.69 Å². The molecule has 1 aromatic carbocycles. The molecular formula is C18H30N4S2. The Kier molecular flexibility index (Phi) is 9.64. The van der Waals surface area contributed by atoms with Gasteiger partial charge in [0.15, 0.2) is 10.2 Å². The molecule has 1 aromatic rings. The van der Waals surface area contributed by atoms with Crippen molar-refractivity contribution in [1.82, 2.24) is 16.2 Å². The summed E-state index contributed by atoms with van der Waals surface area (Å²) in [5, 5.41) is 7.41. The van der Waals surface area contributed by atoms with Gasteiger partial charge in [0, 0.05) is 11.7 Å². The highest BCUT2D eigenvalue weighted by Gasteiger charge is 2.05. The summed E-state index contributed by atoms with van der Waals surface area (Å²) < 4.78 is 0. The Morgan fingerprint density at radius 1 is 0.958 bits per heavy atom. The quantitative estimate of drug-likeness (QED) is 0.430. The van der Waals surface area contributed by atoms with Crippen LogP contribution in [0.2, 0.25) is 0 Å².